The van der Waals surface area contributed by atoms with Gasteiger partial charge in [0.25, 0.3) is 10.0 Å². The Kier molecular flexibility index (Phi) is 9.21. The third-order valence-electron chi connectivity index (χ3n) is 9.13. The minimum atomic E-state index is -3.71. The van der Waals surface area contributed by atoms with E-state index in [4.69, 9.17) is 0 Å². The molecule has 0 saturated heterocycles. The monoisotopic (exact) mass is 623 g/mol. The predicted molar refractivity (Wildman–Crippen MR) is 178 cm³/mol. The van der Waals surface area contributed by atoms with E-state index in [1.807, 2.05) is 85.8 Å². The van der Waals surface area contributed by atoms with E-state index < -0.39 is 16.1 Å². The number of sulfonamides is 1. The number of nitrogens with one attached hydrogen (secondary N) is 1. The molecule has 4 aromatic rings. The van der Waals surface area contributed by atoms with Gasteiger partial charge in [-0.25, -0.2) is 8.42 Å². The van der Waals surface area contributed by atoms with E-state index >= 15 is 0 Å². The van der Waals surface area contributed by atoms with Gasteiger partial charge in [0.1, 0.15) is 6.04 Å². The molecule has 1 aliphatic carbocycles. The molecule has 1 aliphatic heterocycles. The van der Waals surface area contributed by atoms with Crippen molar-refractivity contribution in [2.75, 3.05) is 10.8 Å². The van der Waals surface area contributed by atoms with Gasteiger partial charge < -0.3 is 10.2 Å². The molecular formula is C37H41N3O4S. The number of nitrogens with zero attached hydrogens (tertiary/aromatic N) is 2. The number of aryl methyl sites for hydroxylation is 1. The molecule has 1 fully saturated rings. The van der Waals surface area contributed by atoms with Crippen molar-refractivity contribution < 1.29 is 18.0 Å². The van der Waals surface area contributed by atoms with Crippen LogP contribution in [-0.2, 0) is 32.6 Å². The first-order valence-electron chi connectivity index (χ1n) is 16.0. The Morgan fingerprint density at radius 3 is 2.31 bits per heavy atom. The first-order valence-corrected chi connectivity index (χ1v) is 17.5. The summed E-state index contributed by atoms with van der Waals surface area (Å²) < 4.78 is 28.5. The van der Waals surface area contributed by atoms with Gasteiger partial charge in [0.2, 0.25) is 11.8 Å². The van der Waals surface area contributed by atoms with Crippen molar-refractivity contribution in [3.05, 3.63) is 108 Å². The smallest absolute Gasteiger partial charge is 0.265 e. The Morgan fingerprint density at radius 2 is 1.58 bits per heavy atom. The second-order valence-corrected chi connectivity index (χ2v) is 14.2. The lowest BCUT2D eigenvalue weighted by Crippen LogP contribution is -2.52. The molecule has 8 heteroatoms. The van der Waals surface area contributed by atoms with E-state index in [1.165, 1.54) is 10.7 Å². The number of carbonyl (C=O) groups excluding carboxylic acids is 2. The summed E-state index contributed by atoms with van der Waals surface area (Å²) in [6.07, 6.45) is 6.12. The summed E-state index contributed by atoms with van der Waals surface area (Å²) in [6, 6.07) is 28.2. The molecule has 2 amide bonds. The van der Waals surface area contributed by atoms with Gasteiger partial charge >= 0.3 is 0 Å². The molecule has 234 valence electrons. The average Bonchev–Trinajstić information content (AvgIpc) is 3.27. The third-order valence-corrected chi connectivity index (χ3v) is 11.0. The van der Waals surface area contributed by atoms with E-state index in [1.54, 1.807) is 17.0 Å². The van der Waals surface area contributed by atoms with Crippen molar-refractivity contribution >= 4 is 38.3 Å². The fourth-order valence-electron chi connectivity index (χ4n) is 6.70. The normalized spacial score (nSPS) is 16.4. The van der Waals surface area contributed by atoms with Gasteiger partial charge in [-0.05, 0) is 54.8 Å². The van der Waals surface area contributed by atoms with E-state index in [0.717, 1.165) is 53.1 Å². The summed E-state index contributed by atoms with van der Waals surface area (Å²) in [6.45, 7) is 2.49. The zero-order valence-corrected chi connectivity index (χ0v) is 26.6. The summed E-state index contributed by atoms with van der Waals surface area (Å²) in [7, 11) is -3.71. The summed E-state index contributed by atoms with van der Waals surface area (Å²) in [5, 5.41) is 4.89. The molecule has 4 aromatic carbocycles. The zero-order chi connectivity index (χ0) is 31.4. The van der Waals surface area contributed by atoms with Crippen LogP contribution in [0.1, 0.15) is 61.6 Å². The second-order valence-electron chi connectivity index (χ2n) is 12.4. The van der Waals surface area contributed by atoms with Crippen molar-refractivity contribution in [1.82, 2.24) is 10.2 Å². The minimum absolute atomic E-state index is 0.116. The van der Waals surface area contributed by atoms with Crippen LogP contribution in [-0.4, -0.2) is 43.8 Å². The van der Waals surface area contributed by atoms with E-state index in [2.05, 4.69) is 5.32 Å². The number of hydrogen-bond acceptors (Lipinski definition) is 4. The van der Waals surface area contributed by atoms with Crippen molar-refractivity contribution in [1.29, 1.82) is 0 Å². The van der Waals surface area contributed by atoms with Crippen molar-refractivity contribution in [2.45, 2.75) is 81.8 Å². The molecular weight excluding hydrogens is 582 g/mol. The second kappa shape index (κ2) is 13.4. The lowest BCUT2D eigenvalue weighted by atomic mass is 9.94. The molecule has 1 unspecified atom stereocenters. The maximum Gasteiger partial charge on any atom is 0.265 e. The van der Waals surface area contributed by atoms with Gasteiger partial charge in [0, 0.05) is 37.4 Å². The summed E-state index contributed by atoms with van der Waals surface area (Å²) >= 11 is 0. The number of anilines is 1. The Bertz CT molecular complexity index is 1760. The van der Waals surface area contributed by atoms with Crippen LogP contribution in [0.25, 0.3) is 10.8 Å². The zero-order valence-electron chi connectivity index (χ0n) is 25.8. The van der Waals surface area contributed by atoms with Crippen LogP contribution in [0.4, 0.5) is 5.69 Å². The quantitative estimate of drug-likeness (QED) is 0.206. The maximum absolute atomic E-state index is 14.2. The first kappa shape index (κ1) is 30.8. The van der Waals surface area contributed by atoms with Crippen LogP contribution in [0.3, 0.4) is 0 Å². The molecule has 0 radical (unpaired) electrons. The highest BCUT2D eigenvalue weighted by atomic mass is 32.2. The van der Waals surface area contributed by atoms with Crippen molar-refractivity contribution in [2.24, 2.45) is 0 Å². The van der Waals surface area contributed by atoms with Crippen molar-refractivity contribution in [3.63, 3.8) is 0 Å². The predicted octanol–water partition coefficient (Wildman–Crippen LogP) is 6.53. The molecule has 7 nitrogen and oxygen atoms in total. The van der Waals surface area contributed by atoms with Gasteiger partial charge in [0.05, 0.1) is 10.6 Å². The molecule has 1 atom stereocenters. The van der Waals surface area contributed by atoms with E-state index in [0.29, 0.717) is 30.0 Å². The first-order chi connectivity index (χ1) is 21.8. The third kappa shape index (κ3) is 6.76. The van der Waals surface area contributed by atoms with Gasteiger partial charge in [-0.3, -0.25) is 13.9 Å². The van der Waals surface area contributed by atoms with Gasteiger partial charge in [-0.2, -0.15) is 0 Å². The molecule has 1 saturated carbocycles. The number of amides is 2. The molecule has 6 rings (SSSR count). The van der Waals surface area contributed by atoms with Crippen LogP contribution < -0.4 is 9.62 Å². The molecule has 0 spiro atoms. The van der Waals surface area contributed by atoms with Gasteiger partial charge in [-0.15, -0.1) is 0 Å². The number of hydrogen-bond donors (Lipinski definition) is 1. The highest BCUT2D eigenvalue weighted by Crippen LogP contribution is 2.42. The minimum Gasteiger partial charge on any atom is -0.352 e. The molecule has 0 aromatic heterocycles. The molecule has 1 heterocycles. The summed E-state index contributed by atoms with van der Waals surface area (Å²) in [5.41, 5.74) is 3.70. The lowest BCUT2D eigenvalue weighted by Gasteiger charge is -2.33. The Morgan fingerprint density at radius 1 is 0.867 bits per heavy atom. The molecule has 45 heavy (non-hydrogen) atoms. The number of rotatable bonds is 11. The highest BCUT2D eigenvalue weighted by Gasteiger charge is 2.36. The average molecular weight is 624 g/mol. The Labute approximate surface area is 266 Å². The van der Waals surface area contributed by atoms with Crippen LogP contribution in [0.15, 0.2) is 95.9 Å². The highest BCUT2D eigenvalue weighted by molar-refractivity contribution is 7.93. The standard InChI is InChI=1S/C37H41N3O4S/c1-27-20-22-29(23-21-27)26-39(33(25-28-11-4-2-5-12-28)37(42)38-31-15-6-3-7-16-31)35(41)19-10-24-40-32-17-8-13-30-14-9-18-34(36(30)32)45(40,43)44/h2,4-5,8-9,11-14,17-18,20-23,31,33H,3,6-7,10,15-16,19,24-26H2,1H3,(H,38,42). The van der Waals surface area contributed by atoms with Crippen molar-refractivity contribution in [3.8, 4) is 0 Å². The fraction of sp³-hybridized carbons (Fsp3) is 0.351. The van der Waals surface area contributed by atoms with Crippen LogP contribution in [0.2, 0.25) is 0 Å². The summed E-state index contributed by atoms with van der Waals surface area (Å²) in [5.74, 6) is -0.293. The van der Waals surface area contributed by atoms with Crippen LogP contribution in [0.5, 0.6) is 0 Å². The summed E-state index contributed by atoms with van der Waals surface area (Å²) in [4.78, 5) is 30.2. The number of carbonyl (C=O) groups is 2. The fourth-order valence-corrected chi connectivity index (χ4v) is 8.45. The van der Waals surface area contributed by atoms with Gasteiger partial charge in [0.15, 0.2) is 0 Å². The lowest BCUT2D eigenvalue weighted by molar-refractivity contribution is -0.141. The van der Waals surface area contributed by atoms with Gasteiger partial charge in [-0.1, -0.05) is 104 Å². The topological polar surface area (TPSA) is 86.8 Å². The Hall–Kier alpha value is -4.17. The largest absolute Gasteiger partial charge is 0.352 e. The molecule has 2 aliphatic rings. The van der Waals surface area contributed by atoms with E-state index in [9.17, 15) is 18.0 Å². The SMILES string of the molecule is Cc1ccc(CN(C(=O)CCCN2c3cccc4cccc(c34)S2(=O)=O)C(Cc2ccccc2)C(=O)NC2CCCCC2)cc1. The number of benzene rings is 4. The van der Waals surface area contributed by atoms with Crippen LogP contribution in [0, 0.1) is 6.92 Å². The Balaban J connectivity index is 1.25. The molecule has 1 N–H and O–H groups in total. The molecule has 0 bridgehead atoms. The van der Waals surface area contributed by atoms with Crippen LogP contribution >= 0.6 is 0 Å². The van der Waals surface area contributed by atoms with E-state index in [-0.39, 0.29) is 30.8 Å². The maximum atomic E-state index is 14.2.